The topological polar surface area (TPSA) is 90.8 Å². The van der Waals surface area contributed by atoms with Crippen LogP contribution >= 0.6 is 0 Å². The number of nitriles is 1. The summed E-state index contributed by atoms with van der Waals surface area (Å²) >= 11 is 0. The Bertz CT molecular complexity index is 582. The lowest BCUT2D eigenvalue weighted by molar-refractivity contribution is -0.00697. The predicted octanol–water partition coefficient (Wildman–Crippen LogP) is 1.47. The largest absolute Gasteiger partial charge is 0.369 e. The fourth-order valence-electron chi connectivity index (χ4n) is 2.67. The van der Waals surface area contributed by atoms with Gasteiger partial charge in [-0.05, 0) is 26.7 Å². The van der Waals surface area contributed by atoms with E-state index >= 15 is 0 Å². The number of rotatable bonds is 3. The number of hydrogen-bond donors (Lipinski definition) is 2. The van der Waals surface area contributed by atoms with Crippen LogP contribution in [0, 0.1) is 16.7 Å². The minimum Gasteiger partial charge on any atom is -0.369 e. The molecule has 6 nitrogen and oxygen atoms in total. The average Bonchev–Trinajstić information content (AvgIpc) is 3.08. The molecule has 0 radical (unpaired) electrons. The van der Waals surface area contributed by atoms with E-state index < -0.39 is 0 Å². The van der Waals surface area contributed by atoms with Gasteiger partial charge in [0.2, 0.25) is 0 Å². The summed E-state index contributed by atoms with van der Waals surface area (Å²) in [7, 11) is 0. The number of aromatic amines is 1. The Balaban J connectivity index is 1.75. The molecular formula is C14H18N4O2. The minimum atomic E-state index is -0.338. The molecule has 1 aliphatic carbocycles. The monoisotopic (exact) mass is 274 g/mol. The normalized spacial score (nSPS) is 26.4. The maximum atomic E-state index is 12.2. The molecule has 0 spiro atoms. The molecule has 1 aliphatic heterocycles. The number of carbonyl (C=O) groups is 1. The lowest BCUT2D eigenvalue weighted by Crippen LogP contribution is -2.31. The molecule has 3 rings (SSSR count). The molecule has 6 heteroatoms. The molecule has 2 heterocycles. The maximum absolute atomic E-state index is 12.2. The zero-order valence-corrected chi connectivity index (χ0v) is 11.7. The Labute approximate surface area is 117 Å². The summed E-state index contributed by atoms with van der Waals surface area (Å²) in [6, 6.07) is 2.27. The van der Waals surface area contributed by atoms with Crippen molar-refractivity contribution in [1.29, 1.82) is 5.26 Å². The van der Waals surface area contributed by atoms with Crippen LogP contribution in [0.2, 0.25) is 0 Å². The van der Waals surface area contributed by atoms with Crippen LogP contribution in [0.15, 0.2) is 0 Å². The fourth-order valence-corrected chi connectivity index (χ4v) is 2.67. The summed E-state index contributed by atoms with van der Waals surface area (Å²) in [5, 5.41) is 18.9. The van der Waals surface area contributed by atoms with E-state index in [0.29, 0.717) is 18.7 Å². The van der Waals surface area contributed by atoms with E-state index in [-0.39, 0.29) is 23.5 Å². The Morgan fingerprint density at radius 2 is 2.35 bits per heavy atom. The standard InChI is InChI=1S/C14H18N4O2/c1-8-5-10-11(9(2)20-8)17-18-12(10)13(19)16-7-14(6-15)3-4-14/h8-9H,3-5,7H2,1-2H3,(H,16,19)(H,17,18)/t8-,9+/m1/s1. The summed E-state index contributed by atoms with van der Waals surface area (Å²) in [6.45, 7) is 4.35. The van der Waals surface area contributed by atoms with Gasteiger partial charge < -0.3 is 10.1 Å². The second-order valence-electron chi connectivity index (χ2n) is 5.83. The van der Waals surface area contributed by atoms with Gasteiger partial charge in [0, 0.05) is 18.5 Å². The highest BCUT2D eigenvalue weighted by Crippen LogP contribution is 2.44. The molecule has 1 amide bonds. The van der Waals surface area contributed by atoms with Gasteiger partial charge in [0.15, 0.2) is 5.69 Å². The average molecular weight is 274 g/mol. The molecule has 106 valence electrons. The highest BCUT2D eigenvalue weighted by molar-refractivity contribution is 5.94. The molecule has 2 N–H and O–H groups in total. The summed E-state index contributed by atoms with van der Waals surface area (Å²) in [5.41, 5.74) is 1.93. The molecule has 1 aromatic heterocycles. The zero-order chi connectivity index (χ0) is 14.3. The smallest absolute Gasteiger partial charge is 0.272 e. The fraction of sp³-hybridized carbons (Fsp3) is 0.643. The maximum Gasteiger partial charge on any atom is 0.272 e. The van der Waals surface area contributed by atoms with E-state index in [2.05, 4.69) is 21.6 Å². The zero-order valence-electron chi connectivity index (χ0n) is 11.7. The van der Waals surface area contributed by atoms with Crippen LogP contribution in [0.5, 0.6) is 0 Å². The van der Waals surface area contributed by atoms with Gasteiger partial charge in [-0.3, -0.25) is 9.89 Å². The number of nitrogens with one attached hydrogen (secondary N) is 2. The van der Waals surface area contributed by atoms with Crippen molar-refractivity contribution in [3.8, 4) is 6.07 Å². The number of amides is 1. The number of aromatic nitrogens is 2. The lowest BCUT2D eigenvalue weighted by atomic mass is 9.99. The van der Waals surface area contributed by atoms with Gasteiger partial charge in [-0.1, -0.05) is 0 Å². The Morgan fingerprint density at radius 1 is 1.60 bits per heavy atom. The van der Waals surface area contributed by atoms with Gasteiger partial charge in [-0.15, -0.1) is 0 Å². The summed E-state index contributed by atoms with van der Waals surface area (Å²) < 4.78 is 5.70. The minimum absolute atomic E-state index is 0.0725. The molecule has 2 aliphatic rings. The van der Waals surface area contributed by atoms with Crippen LogP contribution in [0.25, 0.3) is 0 Å². The molecule has 1 aromatic rings. The van der Waals surface area contributed by atoms with Gasteiger partial charge >= 0.3 is 0 Å². The van der Waals surface area contributed by atoms with Crippen LogP contribution in [0.3, 0.4) is 0 Å². The summed E-state index contributed by atoms with van der Waals surface area (Å²) in [4.78, 5) is 12.2. The number of hydrogen-bond acceptors (Lipinski definition) is 4. The van der Waals surface area contributed by atoms with E-state index in [9.17, 15) is 4.79 Å². The van der Waals surface area contributed by atoms with Crippen molar-refractivity contribution in [3.05, 3.63) is 17.0 Å². The quantitative estimate of drug-likeness (QED) is 0.873. The molecular weight excluding hydrogens is 256 g/mol. The summed E-state index contributed by atoms with van der Waals surface area (Å²) in [6.07, 6.45) is 2.42. The van der Waals surface area contributed by atoms with E-state index in [1.165, 1.54) is 0 Å². The highest BCUT2D eigenvalue weighted by Gasteiger charge is 2.43. The van der Waals surface area contributed by atoms with Crippen molar-refractivity contribution in [2.75, 3.05) is 6.54 Å². The second-order valence-corrected chi connectivity index (χ2v) is 5.83. The van der Waals surface area contributed by atoms with Gasteiger partial charge in [0.1, 0.15) is 0 Å². The number of carbonyl (C=O) groups excluding carboxylic acids is 1. The van der Waals surface area contributed by atoms with E-state index in [1.54, 1.807) is 0 Å². The van der Waals surface area contributed by atoms with E-state index in [0.717, 1.165) is 24.1 Å². The van der Waals surface area contributed by atoms with E-state index in [1.807, 2.05) is 13.8 Å². The lowest BCUT2D eigenvalue weighted by Gasteiger charge is -2.25. The van der Waals surface area contributed by atoms with Crippen molar-refractivity contribution in [2.45, 2.75) is 45.3 Å². The first-order valence-electron chi connectivity index (χ1n) is 6.97. The second kappa shape index (κ2) is 4.60. The van der Waals surface area contributed by atoms with Gasteiger partial charge in [-0.25, -0.2) is 0 Å². The SMILES string of the molecule is C[C@@H]1Cc2c(C(=O)NCC3(C#N)CC3)n[nH]c2[C@H](C)O1. The molecule has 2 atom stereocenters. The first-order chi connectivity index (χ1) is 9.54. The van der Waals surface area contributed by atoms with Crippen molar-refractivity contribution >= 4 is 5.91 Å². The predicted molar refractivity (Wildman–Crippen MR) is 70.9 cm³/mol. The molecule has 0 unspecified atom stereocenters. The molecule has 1 fully saturated rings. The Hall–Kier alpha value is -1.87. The molecule has 0 aromatic carbocycles. The molecule has 0 bridgehead atoms. The number of nitrogens with zero attached hydrogens (tertiary/aromatic N) is 2. The van der Waals surface area contributed by atoms with Crippen LogP contribution in [0.4, 0.5) is 0 Å². The third-order valence-corrected chi connectivity index (χ3v) is 4.13. The first-order valence-corrected chi connectivity index (χ1v) is 6.97. The number of H-pyrrole nitrogens is 1. The van der Waals surface area contributed by atoms with Gasteiger partial charge in [0.05, 0.1) is 29.4 Å². The molecule has 20 heavy (non-hydrogen) atoms. The van der Waals surface area contributed by atoms with Crippen LogP contribution in [0.1, 0.15) is 54.5 Å². The van der Waals surface area contributed by atoms with E-state index in [4.69, 9.17) is 10.00 Å². The Kier molecular flexibility index (Phi) is 3.02. The Morgan fingerprint density at radius 3 is 3.00 bits per heavy atom. The van der Waals surface area contributed by atoms with Crippen molar-refractivity contribution in [3.63, 3.8) is 0 Å². The number of ether oxygens (including phenoxy) is 1. The van der Waals surface area contributed by atoms with Gasteiger partial charge in [-0.2, -0.15) is 10.4 Å². The first kappa shape index (κ1) is 13.1. The van der Waals surface area contributed by atoms with Crippen molar-refractivity contribution in [2.24, 2.45) is 5.41 Å². The van der Waals surface area contributed by atoms with Crippen molar-refractivity contribution in [1.82, 2.24) is 15.5 Å². The van der Waals surface area contributed by atoms with Crippen molar-refractivity contribution < 1.29 is 9.53 Å². The third-order valence-electron chi connectivity index (χ3n) is 4.13. The number of fused-ring (bicyclic) bond motifs is 1. The third kappa shape index (κ3) is 2.18. The van der Waals surface area contributed by atoms with Crippen LogP contribution in [-0.4, -0.2) is 28.8 Å². The summed E-state index contributed by atoms with van der Waals surface area (Å²) in [5.74, 6) is -0.203. The van der Waals surface area contributed by atoms with Gasteiger partial charge in [0.25, 0.3) is 5.91 Å². The highest BCUT2D eigenvalue weighted by atomic mass is 16.5. The molecule has 0 saturated heterocycles. The van der Waals surface area contributed by atoms with Crippen LogP contribution in [-0.2, 0) is 11.2 Å². The van der Waals surface area contributed by atoms with Crippen LogP contribution < -0.4 is 5.32 Å². The molecule has 1 saturated carbocycles.